The number of H-pyrrole nitrogens is 1. The molecule has 0 bridgehead atoms. The zero-order valence-electron chi connectivity index (χ0n) is 29.9. The predicted molar refractivity (Wildman–Crippen MR) is 204 cm³/mol. The monoisotopic (exact) mass is 771 g/mol. The van der Waals surface area contributed by atoms with Crippen molar-refractivity contribution in [3.05, 3.63) is 159 Å². The first-order valence-electron chi connectivity index (χ1n) is 17.7. The molecule has 282 valence electrons. The van der Waals surface area contributed by atoms with Crippen LogP contribution in [0.25, 0.3) is 0 Å². The highest BCUT2D eigenvalue weighted by Crippen LogP contribution is 2.57. The van der Waals surface area contributed by atoms with Gasteiger partial charge in [0.25, 0.3) is 14.1 Å². The van der Waals surface area contributed by atoms with Crippen LogP contribution in [0, 0.1) is 0 Å². The quantitative estimate of drug-likeness (QED) is 0.107. The fraction of sp³-hybridized carbons (Fsp3) is 0.300. The van der Waals surface area contributed by atoms with Crippen LogP contribution in [0.5, 0.6) is 11.5 Å². The summed E-state index contributed by atoms with van der Waals surface area (Å²) < 4.78 is 61.9. The van der Waals surface area contributed by atoms with Gasteiger partial charge < -0.3 is 23.3 Å². The van der Waals surface area contributed by atoms with Gasteiger partial charge in [0, 0.05) is 24.8 Å². The van der Waals surface area contributed by atoms with Gasteiger partial charge in [-0.3, -0.25) is 14.3 Å². The topological polar surface area (TPSA) is 138 Å². The molecule has 1 aromatic heterocycles. The maximum absolute atomic E-state index is 13.5. The number of ether oxygens (including phenoxy) is 3. The summed E-state index contributed by atoms with van der Waals surface area (Å²) in [7, 11) is -2.17. The number of hydrogen-bond donors (Lipinski definition) is 1. The molecule has 0 saturated carbocycles. The summed E-state index contributed by atoms with van der Waals surface area (Å²) in [5, 5.41) is 0. The molecule has 2 aliphatic heterocycles. The molecule has 54 heavy (non-hydrogen) atoms. The summed E-state index contributed by atoms with van der Waals surface area (Å²) in [5.41, 5.74) is 0.180. The minimum atomic E-state index is -3.64. The SMILES string of the molecule is COc1ccc(C(OC[C@H](Cn2ccc(=O)[nH]c2=O)O[P@@]2O[C@H](CS(=O)(=O)c3ccccc3)[C@@H]3CCCN32)(c2ccccc2)c2ccc(OC)cc2)cc1. The lowest BCUT2D eigenvalue weighted by molar-refractivity contribution is -0.0363. The fourth-order valence-corrected chi connectivity index (χ4v) is 10.6. The Hall–Kier alpha value is -4.62. The highest BCUT2D eigenvalue weighted by atomic mass is 32.2. The zero-order valence-corrected chi connectivity index (χ0v) is 31.7. The van der Waals surface area contributed by atoms with Crippen molar-refractivity contribution in [3.63, 3.8) is 0 Å². The lowest BCUT2D eigenvalue weighted by Crippen LogP contribution is -2.39. The minimum Gasteiger partial charge on any atom is -0.497 e. The third-order valence-corrected chi connectivity index (χ3v) is 13.4. The van der Waals surface area contributed by atoms with Gasteiger partial charge in [-0.1, -0.05) is 72.8 Å². The molecule has 12 nitrogen and oxygen atoms in total. The Morgan fingerprint density at radius 2 is 1.43 bits per heavy atom. The molecular formula is C40H42N3O9PS. The van der Waals surface area contributed by atoms with Crippen LogP contribution in [0.1, 0.15) is 29.5 Å². The number of aromatic amines is 1. The molecule has 0 radical (unpaired) electrons. The first kappa shape index (κ1) is 37.7. The van der Waals surface area contributed by atoms with Crippen LogP contribution < -0.4 is 20.7 Å². The molecular weight excluding hydrogens is 729 g/mol. The standard InChI is InChI=1S/C40H42N3O9PS/c1-48-32-19-15-30(16-20-32)40(29-10-5-3-6-11-29,31-17-21-33(49-2)22-18-31)50-27-34(26-42-25-23-38(44)41-39(42)45)51-53-43-24-9-14-36(43)37(52-53)28-54(46,47)35-12-7-4-8-13-35/h3-8,10-13,15-23,25,34,36-37H,9,14,24,26-28H2,1-2H3,(H,41,44,45)/t34-,36-,37+,53-/m0/s1. The summed E-state index contributed by atoms with van der Waals surface area (Å²) in [6.07, 6.45) is 1.66. The van der Waals surface area contributed by atoms with E-state index >= 15 is 0 Å². The first-order valence-corrected chi connectivity index (χ1v) is 20.4. The van der Waals surface area contributed by atoms with E-state index in [-0.39, 0.29) is 29.8 Å². The third kappa shape index (κ3) is 7.93. The number of nitrogens with one attached hydrogen (secondary N) is 1. The maximum Gasteiger partial charge on any atom is 0.328 e. The second kappa shape index (κ2) is 16.4. The van der Waals surface area contributed by atoms with Gasteiger partial charge in [0.05, 0.1) is 44.1 Å². The largest absolute Gasteiger partial charge is 0.497 e. The summed E-state index contributed by atoms with van der Waals surface area (Å²) in [5.74, 6) is 1.17. The number of rotatable bonds is 15. The number of methoxy groups -OCH3 is 2. The second-order valence-corrected chi connectivity index (χ2v) is 16.6. The molecule has 14 heteroatoms. The maximum atomic E-state index is 13.5. The average Bonchev–Trinajstić information content (AvgIpc) is 3.81. The molecule has 0 aliphatic carbocycles. The molecule has 4 atom stereocenters. The van der Waals surface area contributed by atoms with Gasteiger partial charge in [0.15, 0.2) is 9.84 Å². The van der Waals surface area contributed by atoms with Crippen molar-refractivity contribution in [1.29, 1.82) is 0 Å². The number of hydrogen-bond acceptors (Lipinski definition) is 10. The van der Waals surface area contributed by atoms with E-state index in [4.69, 9.17) is 23.3 Å². The van der Waals surface area contributed by atoms with Gasteiger partial charge in [0.1, 0.15) is 23.2 Å². The van der Waals surface area contributed by atoms with Crippen LogP contribution >= 0.6 is 8.53 Å². The van der Waals surface area contributed by atoms with E-state index < -0.39 is 47.4 Å². The van der Waals surface area contributed by atoms with E-state index in [9.17, 15) is 18.0 Å². The van der Waals surface area contributed by atoms with Crippen LogP contribution in [0.4, 0.5) is 0 Å². The minimum absolute atomic E-state index is 0.0133. The highest BCUT2D eigenvalue weighted by Gasteiger charge is 2.49. The molecule has 1 N–H and O–H groups in total. The van der Waals surface area contributed by atoms with E-state index in [0.29, 0.717) is 18.0 Å². The Labute approximate surface area is 315 Å². The molecule has 3 heterocycles. The molecule has 0 amide bonds. The van der Waals surface area contributed by atoms with Crippen LogP contribution in [-0.4, -0.2) is 74.0 Å². The van der Waals surface area contributed by atoms with Gasteiger partial charge in [-0.15, -0.1) is 0 Å². The first-order chi connectivity index (χ1) is 26.2. The van der Waals surface area contributed by atoms with E-state index in [1.807, 2.05) is 78.9 Å². The fourth-order valence-electron chi connectivity index (χ4n) is 7.12. The van der Waals surface area contributed by atoms with Crippen LogP contribution in [0.15, 0.2) is 136 Å². The Morgan fingerprint density at radius 1 is 0.833 bits per heavy atom. The van der Waals surface area contributed by atoms with Gasteiger partial charge in [-0.2, -0.15) is 0 Å². The molecule has 2 saturated heterocycles. The summed E-state index contributed by atoms with van der Waals surface area (Å²) >= 11 is 0. The Kier molecular flexibility index (Phi) is 11.4. The van der Waals surface area contributed by atoms with Gasteiger partial charge in [-0.05, 0) is 65.9 Å². The summed E-state index contributed by atoms with van der Waals surface area (Å²) in [6.45, 7) is 0.654. The van der Waals surface area contributed by atoms with Crippen molar-refractivity contribution in [3.8, 4) is 11.5 Å². The molecule has 0 unspecified atom stereocenters. The Balaban J connectivity index is 1.25. The summed E-state index contributed by atoms with van der Waals surface area (Å²) in [4.78, 5) is 27.6. The number of benzene rings is 4. The van der Waals surface area contributed by atoms with Gasteiger partial charge in [-0.25, -0.2) is 17.9 Å². The van der Waals surface area contributed by atoms with Crippen molar-refractivity contribution in [2.75, 3.05) is 33.1 Å². The van der Waals surface area contributed by atoms with E-state index in [0.717, 1.165) is 29.5 Å². The lowest BCUT2D eigenvalue weighted by Gasteiger charge is -2.37. The van der Waals surface area contributed by atoms with Crippen molar-refractivity contribution in [2.24, 2.45) is 0 Å². The predicted octanol–water partition coefficient (Wildman–Crippen LogP) is 5.51. The third-order valence-electron chi connectivity index (χ3n) is 9.82. The van der Waals surface area contributed by atoms with Crippen molar-refractivity contribution < 1.29 is 31.7 Å². The summed E-state index contributed by atoms with van der Waals surface area (Å²) in [6, 6.07) is 34.6. The molecule has 0 spiro atoms. The van der Waals surface area contributed by atoms with Crippen molar-refractivity contribution in [1.82, 2.24) is 14.2 Å². The molecule has 7 rings (SSSR count). The van der Waals surface area contributed by atoms with Crippen molar-refractivity contribution >= 4 is 18.4 Å². The van der Waals surface area contributed by atoms with Crippen LogP contribution in [-0.2, 0) is 35.8 Å². The Morgan fingerprint density at radius 3 is 2.02 bits per heavy atom. The number of nitrogens with zero attached hydrogens (tertiary/aromatic N) is 2. The van der Waals surface area contributed by atoms with E-state index in [1.54, 1.807) is 44.6 Å². The average molecular weight is 772 g/mol. The molecule has 2 aliphatic rings. The number of sulfone groups is 1. The highest BCUT2D eigenvalue weighted by molar-refractivity contribution is 7.91. The molecule has 5 aromatic rings. The van der Waals surface area contributed by atoms with Crippen LogP contribution in [0.3, 0.4) is 0 Å². The Bertz CT molecular complexity index is 2190. The number of fused-ring (bicyclic) bond motifs is 1. The number of aromatic nitrogens is 2. The van der Waals surface area contributed by atoms with Crippen LogP contribution in [0.2, 0.25) is 0 Å². The molecule has 2 fully saturated rings. The van der Waals surface area contributed by atoms with Gasteiger partial charge >= 0.3 is 5.69 Å². The molecule has 4 aromatic carbocycles. The van der Waals surface area contributed by atoms with Crippen molar-refractivity contribution in [2.45, 2.75) is 48.1 Å². The second-order valence-electron chi connectivity index (χ2n) is 13.2. The lowest BCUT2D eigenvalue weighted by atomic mass is 9.80. The normalized spacial score (nSPS) is 19.3. The smallest absolute Gasteiger partial charge is 0.328 e. The van der Waals surface area contributed by atoms with Gasteiger partial charge in [0.2, 0.25) is 0 Å². The van der Waals surface area contributed by atoms with E-state index in [1.165, 1.54) is 16.8 Å². The zero-order chi connectivity index (χ0) is 37.7. The van der Waals surface area contributed by atoms with E-state index in [2.05, 4.69) is 9.65 Å².